The average molecular weight is 232 g/mol. The predicted molar refractivity (Wildman–Crippen MR) is 64.9 cm³/mol. The maximum atomic E-state index is 5.44. The molecule has 2 rings (SSSR count). The van der Waals surface area contributed by atoms with Gasteiger partial charge in [0, 0.05) is 18.8 Å². The Hall–Kier alpha value is -1.81. The van der Waals surface area contributed by atoms with Crippen molar-refractivity contribution >= 4 is 0 Å². The maximum absolute atomic E-state index is 5.44. The van der Waals surface area contributed by atoms with Crippen LogP contribution in [0.1, 0.15) is 11.5 Å². The van der Waals surface area contributed by atoms with E-state index in [9.17, 15) is 0 Å². The highest BCUT2D eigenvalue weighted by Gasteiger charge is 1.97. The van der Waals surface area contributed by atoms with Crippen molar-refractivity contribution in [3.05, 3.63) is 48.0 Å². The Labute approximate surface area is 101 Å². The molecule has 0 aliphatic carbocycles. The van der Waals surface area contributed by atoms with Crippen LogP contribution in [0.15, 0.2) is 40.9 Å². The van der Waals surface area contributed by atoms with E-state index in [0.29, 0.717) is 12.5 Å². The topological polar surface area (TPSA) is 47.3 Å². The van der Waals surface area contributed by atoms with Gasteiger partial charge in [-0.05, 0) is 25.1 Å². The van der Waals surface area contributed by atoms with E-state index in [0.717, 1.165) is 24.6 Å². The first-order valence-corrected chi connectivity index (χ1v) is 5.64. The minimum Gasteiger partial charge on any atom is -0.476 e. The van der Waals surface area contributed by atoms with Crippen LogP contribution in [0.3, 0.4) is 0 Å². The molecule has 17 heavy (non-hydrogen) atoms. The number of rotatable bonds is 6. The summed E-state index contributed by atoms with van der Waals surface area (Å²) in [4.78, 5) is 4.07. The molecule has 4 nitrogen and oxygen atoms in total. The summed E-state index contributed by atoms with van der Waals surface area (Å²) in [5.41, 5.74) is 0. The first-order valence-electron chi connectivity index (χ1n) is 5.64. The van der Waals surface area contributed by atoms with Crippen LogP contribution in [0, 0.1) is 6.92 Å². The Kier molecular flexibility index (Phi) is 4.16. The van der Waals surface area contributed by atoms with Crippen molar-refractivity contribution in [2.24, 2.45) is 0 Å². The minimum absolute atomic E-state index is 0.594. The second-order valence-electron chi connectivity index (χ2n) is 3.71. The quantitative estimate of drug-likeness (QED) is 0.775. The number of aromatic nitrogens is 1. The monoisotopic (exact) mass is 232 g/mol. The van der Waals surface area contributed by atoms with Crippen LogP contribution in [0.5, 0.6) is 5.88 Å². The fraction of sp³-hybridized carbons (Fsp3) is 0.308. The molecule has 0 spiro atoms. The fourth-order valence-corrected chi connectivity index (χ4v) is 1.45. The zero-order chi connectivity index (χ0) is 11.9. The van der Waals surface area contributed by atoms with Gasteiger partial charge < -0.3 is 14.5 Å². The number of hydrogen-bond acceptors (Lipinski definition) is 4. The Balaban J connectivity index is 1.61. The number of pyridine rings is 1. The zero-order valence-electron chi connectivity index (χ0n) is 9.85. The first kappa shape index (κ1) is 11.7. The van der Waals surface area contributed by atoms with Gasteiger partial charge >= 0.3 is 0 Å². The number of furan rings is 1. The molecule has 0 unspecified atom stereocenters. The maximum Gasteiger partial charge on any atom is 0.213 e. The standard InChI is InChI=1S/C13H16N2O2/c1-11-5-6-12(17-11)10-14-8-9-16-13-4-2-3-7-15-13/h2-7,14H,8-10H2,1H3. The summed E-state index contributed by atoms with van der Waals surface area (Å²) in [6, 6.07) is 9.55. The van der Waals surface area contributed by atoms with Crippen molar-refractivity contribution in [3.8, 4) is 5.88 Å². The Bertz CT molecular complexity index is 440. The number of hydrogen-bond donors (Lipinski definition) is 1. The molecule has 4 heteroatoms. The van der Waals surface area contributed by atoms with Gasteiger partial charge in [-0.25, -0.2) is 4.98 Å². The lowest BCUT2D eigenvalue weighted by Gasteiger charge is -2.05. The van der Waals surface area contributed by atoms with Crippen molar-refractivity contribution in [2.75, 3.05) is 13.2 Å². The van der Waals surface area contributed by atoms with Crippen LogP contribution < -0.4 is 10.1 Å². The molecule has 0 saturated carbocycles. The molecule has 2 heterocycles. The van der Waals surface area contributed by atoms with Gasteiger partial charge in [0.05, 0.1) is 6.54 Å². The molecule has 0 fully saturated rings. The van der Waals surface area contributed by atoms with Gasteiger partial charge in [-0.15, -0.1) is 0 Å². The van der Waals surface area contributed by atoms with Gasteiger partial charge in [-0.1, -0.05) is 6.07 Å². The number of aryl methyl sites for hydroxylation is 1. The summed E-state index contributed by atoms with van der Waals surface area (Å²) < 4.78 is 10.9. The van der Waals surface area contributed by atoms with Crippen LogP contribution in [0.25, 0.3) is 0 Å². The third-order valence-corrected chi connectivity index (χ3v) is 2.26. The molecule has 0 radical (unpaired) electrons. The van der Waals surface area contributed by atoms with Crippen molar-refractivity contribution < 1.29 is 9.15 Å². The summed E-state index contributed by atoms with van der Waals surface area (Å²) in [5, 5.41) is 3.24. The van der Waals surface area contributed by atoms with E-state index >= 15 is 0 Å². The van der Waals surface area contributed by atoms with Gasteiger partial charge in [0.15, 0.2) is 0 Å². The minimum atomic E-state index is 0.594. The highest BCUT2D eigenvalue weighted by Crippen LogP contribution is 2.05. The molecule has 0 atom stereocenters. The summed E-state index contributed by atoms with van der Waals surface area (Å²) in [6.07, 6.45) is 1.72. The lowest BCUT2D eigenvalue weighted by Crippen LogP contribution is -2.20. The second kappa shape index (κ2) is 6.06. The van der Waals surface area contributed by atoms with Crippen molar-refractivity contribution in [1.29, 1.82) is 0 Å². The normalized spacial score (nSPS) is 10.4. The van der Waals surface area contributed by atoms with Crippen molar-refractivity contribution in [3.63, 3.8) is 0 Å². The molecular weight excluding hydrogens is 216 g/mol. The van der Waals surface area contributed by atoms with Crippen LogP contribution in [0.2, 0.25) is 0 Å². The van der Waals surface area contributed by atoms with E-state index in [4.69, 9.17) is 9.15 Å². The van der Waals surface area contributed by atoms with Crippen LogP contribution >= 0.6 is 0 Å². The van der Waals surface area contributed by atoms with E-state index in [1.807, 2.05) is 37.3 Å². The van der Waals surface area contributed by atoms with E-state index in [1.54, 1.807) is 6.20 Å². The molecule has 2 aromatic rings. The Morgan fingerprint density at radius 3 is 2.94 bits per heavy atom. The van der Waals surface area contributed by atoms with Gasteiger partial charge in [0.2, 0.25) is 5.88 Å². The molecule has 0 aliphatic rings. The van der Waals surface area contributed by atoms with E-state index < -0.39 is 0 Å². The molecule has 90 valence electrons. The highest BCUT2D eigenvalue weighted by molar-refractivity contribution is 5.09. The SMILES string of the molecule is Cc1ccc(CNCCOc2ccccn2)o1. The molecule has 0 saturated heterocycles. The molecule has 0 amide bonds. The first-order chi connectivity index (χ1) is 8.34. The Morgan fingerprint density at radius 1 is 1.29 bits per heavy atom. The largest absolute Gasteiger partial charge is 0.476 e. The lowest BCUT2D eigenvalue weighted by atomic mass is 10.4. The van der Waals surface area contributed by atoms with Crippen LogP contribution in [-0.4, -0.2) is 18.1 Å². The number of nitrogens with one attached hydrogen (secondary N) is 1. The van der Waals surface area contributed by atoms with Crippen molar-refractivity contribution in [2.45, 2.75) is 13.5 Å². The summed E-state index contributed by atoms with van der Waals surface area (Å²) in [7, 11) is 0. The number of nitrogens with zero attached hydrogens (tertiary/aromatic N) is 1. The predicted octanol–water partition coefficient (Wildman–Crippen LogP) is 2.15. The Morgan fingerprint density at radius 2 is 2.24 bits per heavy atom. The molecular formula is C13H16N2O2. The molecule has 0 aromatic carbocycles. The number of ether oxygens (including phenoxy) is 1. The van der Waals surface area contributed by atoms with Crippen molar-refractivity contribution in [1.82, 2.24) is 10.3 Å². The lowest BCUT2D eigenvalue weighted by molar-refractivity contribution is 0.299. The molecule has 1 N–H and O–H groups in total. The second-order valence-corrected chi connectivity index (χ2v) is 3.71. The van der Waals surface area contributed by atoms with Gasteiger partial charge in [0.25, 0.3) is 0 Å². The van der Waals surface area contributed by atoms with Gasteiger partial charge in [-0.3, -0.25) is 0 Å². The summed E-state index contributed by atoms with van der Waals surface area (Å²) in [5.74, 6) is 2.54. The third kappa shape index (κ3) is 3.92. The summed E-state index contributed by atoms with van der Waals surface area (Å²) >= 11 is 0. The van der Waals surface area contributed by atoms with Gasteiger partial charge in [0.1, 0.15) is 18.1 Å². The van der Waals surface area contributed by atoms with E-state index in [-0.39, 0.29) is 0 Å². The smallest absolute Gasteiger partial charge is 0.213 e. The fourth-order valence-electron chi connectivity index (χ4n) is 1.45. The van der Waals surface area contributed by atoms with E-state index in [1.165, 1.54) is 0 Å². The third-order valence-electron chi connectivity index (χ3n) is 2.26. The average Bonchev–Trinajstić information content (AvgIpc) is 2.76. The van der Waals surface area contributed by atoms with Crippen LogP contribution in [0.4, 0.5) is 0 Å². The molecule has 0 bridgehead atoms. The highest BCUT2D eigenvalue weighted by atomic mass is 16.5. The molecule has 2 aromatic heterocycles. The zero-order valence-corrected chi connectivity index (χ0v) is 9.85. The van der Waals surface area contributed by atoms with Gasteiger partial charge in [-0.2, -0.15) is 0 Å². The van der Waals surface area contributed by atoms with E-state index in [2.05, 4.69) is 10.3 Å². The summed E-state index contributed by atoms with van der Waals surface area (Å²) in [6.45, 7) is 4.01. The molecule has 0 aliphatic heterocycles. The van der Waals surface area contributed by atoms with Crippen LogP contribution in [-0.2, 0) is 6.54 Å².